The van der Waals surface area contributed by atoms with Crippen LogP contribution in [0, 0.1) is 5.41 Å². The van der Waals surface area contributed by atoms with Crippen molar-refractivity contribution in [3.63, 3.8) is 0 Å². The Labute approximate surface area is 147 Å². The highest BCUT2D eigenvalue weighted by molar-refractivity contribution is 5.99. The fraction of sp³-hybridized carbons (Fsp3) is 0.400. The SMILES string of the molecule is CC[C@@H](C(=O)Nc1ncc2c(n1)CC(C)(C)CC2=O)c1ccccc1. The van der Waals surface area contributed by atoms with E-state index in [0.717, 1.165) is 11.3 Å². The molecule has 0 aliphatic heterocycles. The van der Waals surface area contributed by atoms with Crippen molar-refractivity contribution in [1.82, 2.24) is 9.97 Å². The molecule has 0 radical (unpaired) electrons. The topological polar surface area (TPSA) is 72.0 Å². The Kier molecular flexibility index (Phi) is 4.66. The Hall–Kier alpha value is -2.56. The minimum Gasteiger partial charge on any atom is -0.294 e. The van der Waals surface area contributed by atoms with Crippen LogP contribution in [0.25, 0.3) is 0 Å². The molecule has 130 valence electrons. The molecule has 1 N–H and O–H groups in total. The Morgan fingerprint density at radius 2 is 1.96 bits per heavy atom. The third-order valence-corrected chi connectivity index (χ3v) is 4.61. The van der Waals surface area contributed by atoms with E-state index in [0.29, 0.717) is 24.8 Å². The highest BCUT2D eigenvalue weighted by atomic mass is 16.2. The first-order valence-electron chi connectivity index (χ1n) is 8.64. The molecular formula is C20H23N3O2. The molecule has 0 spiro atoms. The Bertz CT molecular complexity index is 800. The summed E-state index contributed by atoms with van der Waals surface area (Å²) < 4.78 is 0. The van der Waals surface area contributed by atoms with Crippen LogP contribution in [0.3, 0.4) is 0 Å². The van der Waals surface area contributed by atoms with E-state index in [-0.39, 0.29) is 29.0 Å². The third-order valence-electron chi connectivity index (χ3n) is 4.61. The number of rotatable bonds is 4. The molecule has 1 atom stereocenters. The number of carbonyl (C=O) groups excluding carboxylic acids is 2. The van der Waals surface area contributed by atoms with Crippen LogP contribution in [-0.2, 0) is 11.2 Å². The molecular weight excluding hydrogens is 314 g/mol. The van der Waals surface area contributed by atoms with Gasteiger partial charge in [0.15, 0.2) is 5.78 Å². The zero-order chi connectivity index (χ0) is 18.0. The summed E-state index contributed by atoms with van der Waals surface area (Å²) in [6.07, 6.45) is 3.43. The summed E-state index contributed by atoms with van der Waals surface area (Å²) in [5.74, 6) is -0.0440. The Morgan fingerprint density at radius 3 is 2.64 bits per heavy atom. The van der Waals surface area contributed by atoms with E-state index in [1.54, 1.807) is 6.20 Å². The average molecular weight is 337 g/mol. The maximum atomic E-state index is 12.6. The number of benzene rings is 1. The monoisotopic (exact) mass is 337 g/mol. The van der Waals surface area contributed by atoms with Gasteiger partial charge in [-0.2, -0.15) is 0 Å². The van der Waals surface area contributed by atoms with E-state index < -0.39 is 0 Å². The molecule has 1 amide bonds. The largest absolute Gasteiger partial charge is 0.294 e. The van der Waals surface area contributed by atoms with Crippen LogP contribution >= 0.6 is 0 Å². The van der Waals surface area contributed by atoms with Gasteiger partial charge in [0.2, 0.25) is 11.9 Å². The molecule has 0 saturated heterocycles. The standard InChI is InChI=1S/C20H23N3O2/c1-4-14(13-8-6-5-7-9-13)18(25)23-19-21-12-15-16(22-19)10-20(2,3)11-17(15)24/h5-9,12,14H,4,10-11H2,1-3H3,(H,21,22,23,25)/t14-/m1/s1. The van der Waals surface area contributed by atoms with E-state index in [9.17, 15) is 9.59 Å². The molecule has 1 aliphatic carbocycles. The maximum absolute atomic E-state index is 12.6. The molecule has 5 heteroatoms. The van der Waals surface area contributed by atoms with Gasteiger partial charge in [-0.25, -0.2) is 9.97 Å². The van der Waals surface area contributed by atoms with Crippen LogP contribution in [0.1, 0.15) is 61.1 Å². The van der Waals surface area contributed by atoms with Gasteiger partial charge in [0.1, 0.15) is 0 Å². The number of aromatic nitrogens is 2. The lowest BCUT2D eigenvalue weighted by Crippen LogP contribution is -2.29. The summed E-state index contributed by atoms with van der Waals surface area (Å²) >= 11 is 0. The highest BCUT2D eigenvalue weighted by Crippen LogP contribution is 2.33. The van der Waals surface area contributed by atoms with Crippen LogP contribution in [-0.4, -0.2) is 21.7 Å². The summed E-state index contributed by atoms with van der Waals surface area (Å²) in [5.41, 5.74) is 2.15. The van der Waals surface area contributed by atoms with Crippen molar-refractivity contribution in [3.05, 3.63) is 53.3 Å². The fourth-order valence-corrected chi connectivity index (χ4v) is 3.35. The second-order valence-corrected chi connectivity index (χ2v) is 7.36. The molecule has 3 rings (SSSR count). The zero-order valence-electron chi connectivity index (χ0n) is 14.9. The van der Waals surface area contributed by atoms with Crippen molar-refractivity contribution >= 4 is 17.6 Å². The normalized spacial score (nSPS) is 16.8. The second kappa shape index (κ2) is 6.75. The summed E-state index contributed by atoms with van der Waals surface area (Å²) in [6.45, 7) is 6.08. The molecule has 2 aromatic rings. The number of anilines is 1. The van der Waals surface area contributed by atoms with E-state index in [1.165, 1.54) is 0 Å². The molecule has 0 unspecified atom stereocenters. The van der Waals surface area contributed by atoms with Crippen LogP contribution in [0.2, 0.25) is 0 Å². The fourth-order valence-electron chi connectivity index (χ4n) is 3.35. The van der Waals surface area contributed by atoms with Crippen molar-refractivity contribution in [3.8, 4) is 0 Å². The minimum atomic E-state index is -0.251. The van der Waals surface area contributed by atoms with Gasteiger partial charge >= 0.3 is 0 Å². The van der Waals surface area contributed by atoms with Gasteiger partial charge in [-0.15, -0.1) is 0 Å². The number of nitrogens with one attached hydrogen (secondary N) is 1. The average Bonchev–Trinajstić information content (AvgIpc) is 2.55. The third kappa shape index (κ3) is 3.76. The first kappa shape index (κ1) is 17.3. The van der Waals surface area contributed by atoms with Gasteiger partial charge in [0, 0.05) is 12.6 Å². The minimum absolute atomic E-state index is 0.0693. The van der Waals surface area contributed by atoms with Crippen LogP contribution in [0.4, 0.5) is 5.95 Å². The number of carbonyl (C=O) groups is 2. The number of Topliss-reactive ketones (excluding diaryl/α,β-unsaturated/α-hetero) is 1. The molecule has 1 aromatic heterocycles. The summed E-state index contributed by atoms with van der Waals surface area (Å²) in [6, 6.07) is 9.67. The van der Waals surface area contributed by atoms with Crippen molar-refractivity contribution < 1.29 is 9.59 Å². The highest BCUT2D eigenvalue weighted by Gasteiger charge is 2.32. The molecule has 25 heavy (non-hydrogen) atoms. The predicted molar refractivity (Wildman–Crippen MR) is 96.6 cm³/mol. The van der Waals surface area contributed by atoms with Crippen molar-refractivity contribution in [2.75, 3.05) is 5.32 Å². The van der Waals surface area contributed by atoms with E-state index in [2.05, 4.69) is 29.1 Å². The number of ketones is 1. The maximum Gasteiger partial charge on any atom is 0.234 e. The van der Waals surface area contributed by atoms with Gasteiger partial charge in [0.25, 0.3) is 0 Å². The summed E-state index contributed by atoms with van der Waals surface area (Å²) in [7, 11) is 0. The predicted octanol–water partition coefficient (Wildman–Crippen LogP) is 3.76. The van der Waals surface area contributed by atoms with Crippen LogP contribution < -0.4 is 5.32 Å². The van der Waals surface area contributed by atoms with Gasteiger partial charge in [0.05, 0.1) is 17.2 Å². The second-order valence-electron chi connectivity index (χ2n) is 7.36. The van der Waals surface area contributed by atoms with Crippen molar-refractivity contribution in [2.45, 2.75) is 46.0 Å². The zero-order valence-corrected chi connectivity index (χ0v) is 14.9. The van der Waals surface area contributed by atoms with Crippen LogP contribution in [0.5, 0.6) is 0 Å². The van der Waals surface area contributed by atoms with Gasteiger partial charge in [-0.3, -0.25) is 14.9 Å². The quantitative estimate of drug-likeness (QED) is 0.922. The lowest BCUT2D eigenvalue weighted by atomic mass is 9.76. The Morgan fingerprint density at radius 1 is 1.24 bits per heavy atom. The van der Waals surface area contributed by atoms with E-state index >= 15 is 0 Å². The first-order valence-corrected chi connectivity index (χ1v) is 8.64. The van der Waals surface area contributed by atoms with Gasteiger partial charge in [-0.05, 0) is 23.8 Å². The van der Waals surface area contributed by atoms with Gasteiger partial charge in [-0.1, -0.05) is 51.1 Å². The molecule has 0 saturated carbocycles. The van der Waals surface area contributed by atoms with Crippen molar-refractivity contribution in [1.29, 1.82) is 0 Å². The van der Waals surface area contributed by atoms with Crippen LogP contribution in [0.15, 0.2) is 36.5 Å². The molecule has 0 bridgehead atoms. The number of fused-ring (bicyclic) bond motifs is 1. The summed E-state index contributed by atoms with van der Waals surface area (Å²) in [5, 5.41) is 2.81. The van der Waals surface area contributed by atoms with E-state index in [4.69, 9.17) is 0 Å². The summed E-state index contributed by atoms with van der Waals surface area (Å²) in [4.78, 5) is 33.5. The molecule has 1 heterocycles. The van der Waals surface area contributed by atoms with Crippen molar-refractivity contribution in [2.24, 2.45) is 5.41 Å². The number of hydrogen-bond acceptors (Lipinski definition) is 4. The number of hydrogen-bond donors (Lipinski definition) is 1. The lowest BCUT2D eigenvalue weighted by Gasteiger charge is -2.29. The molecule has 0 fully saturated rings. The first-order chi connectivity index (χ1) is 11.9. The molecule has 5 nitrogen and oxygen atoms in total. The number of amides is 1. The van der Waals surface area contributed by atoms with E-state index in [1.807, 2.05) is 37.3 Å². The smallest absolute Gasteiger partial charge is 0.234 e. The molecule has 1 aliphatic rings. The molecule has 1 aromatic carbocycles. The van der Waals surface area contributed by atoms with Gasteiger partial charge < -0.3 is 0 Å². The number of nitrogens with zero attached hydrogens (tertiary/aromatic N) is 2. The lowest BCUT2D eigenvalue weighted by molar-refractivity contribution is -0.117. The Balaban J connectivity index is 1.81.